The number of halogens is 2. The Labute approximate surface area is 112 Å². The summed E-state index contributed by atoms with van der Waals surface area (Å²) in [4.78, 5) is 11.9. The predicted octanol–water partition coefficient (Wildman–Crippen LogP) is 3.10. The largest absolute Gasteiger partial charge is 0.398 e. The van der Waals surface area contributed by atoms with Crippen molar-refractivity contribution < 1.29 is 13.6 Å². The summed E-state index contributed by atoms with van der Waals surface area (Å²) in [5, 5.41) is 2.74. The summed E-state index contributed by atoms with van der Waals surface area (Å²) in [6.45, 7) is 6.04. The first kappa shape index (κ1) is 15.4. The van der Waals surface area contributed by atoms with Gasteiger partial charge in [-0.2, -0.15) is 0 Å². The standard InChI is InChI=1S/C14H20F2N2O/c1-4-8(2)5-9(3)18-14(19)10-6-11(15)12(16)7-13(10)17/h6-9H,4-5,17H2,1-3H3,(H,18,19). The quantitative estimate of drug-likeness (QED) is 0.808. The topological polar surface area (TPSA) is 55.1 Å². The molecule has 0 saturated carbocycles. The summed E-state index contributed by atoms with van der Waals surface area (Å²) >= 11 is 0. The van der Waals surface area contributed by atoms with Crippen molar-refractivity contribution in [1.82, 2.24) is 5.32 Å². The highest BCUT2D eigenvalue weighted by Gasteiger charge is 2.17. The molecule has 0 aliphatic rings. The number of nitrogen functional groups attached to an aromatic ring is 1. The van der Waals surface area contributed by atoms with E-state index in [9.17, 15) is 13.6 Å². The minimum absolute atomic E-state index is 0.0325. The monoisotopic (exact) mass is 270 g/mol. The fourth-order valence-corrected chi connectivity index (χ4v) is 1.89. The summed E-state index contributed by atoms with van der Waals surface area (Å²) < 4.78 is 26.0. The molecule has 1 amide bonds. The maximum absolute atomic E-state index is 13.1. The van der Waals surface area contributed by atoms with E-state index in [4.69, 9.17) is 5.73 Å². The summed E-state index contributed by atoms with van der Waals surface area (Å²) in [6.07, 6.45) is 1.85. The lowest BCUT2D eigenvalue weighted by Crippen LogP contribution is -2.34. The van der Waals surface area contributed by atoms with Crippen LogP contribution in [0.3, 0.4) is 0 Å². The molecule has 2 unspecified atom stereocenters. The highest BCUT2D eigenvalue weighted by molar-refractivity contribution is 5.99. The van der Waals surface area contributed by atoms with E-state index < -0.39 is 17.5 Å². The van der Waals surface area contributed by atoms with E-state index in [1.165, 1.54) is 0 Å². The van der Waals surface area contributed by atoms with Crippen LogP contribution >= 0.6 is 0 Å². The van der Waals surface area contributed by atoms with Crippen LogP contribution < -0.4 is 11.1 Å². The summed E-state index contributed by atoms with van der Waals surface area (Å²) in [5.41, 5.74) is 5.43. The van der Waals surface area contributed by atoms with Crippen molar-refractivity contribution in [2.45, 2.75) is 39.7 Å². The van der Waals surface area contributed by atoms with Gasteiger partial charge < -0.3 is 11.1 Å². The minimum atomic E-state index is -1.08. The van der Waals surface area contributed by atoms with Gasteiger partial charge in [0.15, 0.2) is 11.6 Å². The lowest BCUT2D eigenvalue weighted by atomic mass is 10.00. The van der Waals surface area contributed by atoms with Gasteiger partial charge in [-0.3, -0.25) is 4.79 Å². The van der Waals surface area contributed by atoms with E-state index in [-0.39, 0.29) is 17.3 Å². The Hall–Kier alpha value is -1.65. The summed E-state index contributed by atoms with van der Waals surface area (Å²) in [6, 6.07) is 1.61. The van der Waals surface area contributed by atoms with Crippen LogP contribution in [0, 0.1) is 17.6 Å². The van der Waals surface area contributed by atoms with Crippen LogP contribution in [-0.4, -0.2) is 11.9 Å². The molecule has 0 bridgehead atoms. The SMILES string of the molecule is CCC(C)CC(C)NC(=O)c1cc(F)c(F)cc1N. The Morgan fingerprint density at radius 1 is 1.32 bits per heavy atom. The first-order chi connectivity index (χ1) is 8.85. The zero-order valence-corrected chi connectivity index (χ0v) is 11.5. The van der Waals surface area contributed by atoms with Gasteiger partial charge in [0.25, 0.3) is 5.91 Å². The molecule has 0 spiro atoms. The van der Waals surface area contributed by atoms with Crippen molar-refractivity contribution in [3.63, 3.8) is 0 Å². The van der Waals surface area contributed by atoms with E-state index in [1.54, 1.807) is 0 Å². The van der Waals surface area contributed by atoms with Crippen molar-refractivity contribution in [1.29, 1.82) is 0 Å². The van der Waals surface area contributed by atoms with Gasteiger partial charge in [-0.05, 0) is 25.3 Å². The van der Waals surface area contributed by atoms with Crippen molar-refractivity contribution >= 4 is 11.6 Å². The second-order valence-electron chi connectivity index (χ2n) is 4.98. The van der Waals surface area contributed by atoms with Crippen LogP contribution in [-0.2, 0) is 0 Å². The van der Waals surface area contributed by atoms with Gasteiger partial charge in [-0.1, -0.05) is 20.3 Å². The molecule has 3 N–H and O–H groups in total. The third-order valence-electron chi connectivity index (χ3n) is 3.17. The number of carbonyl (C=O) groups is 1. The molecule has 106 valence electrons. The van der Waals surface area contributed by atoms with Crippen LogP contribution in [0.15, 0.2) is 12.1 Å². The lowest BCUT2D eigenvalue weighted by molar-refractivity contribution is 0.0935. The number of carbonyl (C=O) groups excluding carboxylic acids is 1. The van der Waals surface area contributed by atoms with Gasteiger partial charge in [0.05, 0.1) is 5.56 Å². The van der Waals surface area contributed by atoms with Crippen LogP contribution in [0.5, 0.6) is 0 Å². The number of hydrogen-bond acceptors (Lipinski definition) is 2. The Kier molecular flexibility index (Phi) is 5.27. The molecule has 0 aliphatic heterocycles. The van der Waals surface area contributed by atoms with Crippen molar-refractivity contribution in [3.05, 3.63) is 29.3 Å². The van der Waals surface area contributed by atoms with Crippen LogP contribution in [0.25, 0.3) is 0 Å². The molecule has 0 aliphatic carbocycles. The molecular formula is C14H20F2N2O. The highest BCUT2D eigenvalue weighted by atomic mass is 19.2. The highest BCUT2D eigenvalue weighted by Crippen LogP contribution is 2.17. The smallest absolute Gasteiger partial charge is 0.253 e. The van der Waals surface area contributed by atoms with Gasteiger partial charge >= 0.3 is 0 Å². The van der Waals surface area contributed by atoms with Crippen LogP contribution in [0.4, 0.5) is 14.5 Å². The first-order valence-corrected chi connectivity index (χ1v) is 6.40. The Bertz CT molecular complexity index is 463. The van der Waals surface area contributed by atoms with Crippen LogP contribution in [0.2, 0.25) is 0 Å². The Balaban J connectivity index is 2.76. The molecular weight excluding hydrogens is 250 g/mol. The maximum atomic E-state index is 13.1. The number of anilines is 1. The number of nitrogens with one attached hydrogen (secondary N) is 1. The van der Waals surface area contributed by atoms with Gasteiger partial charge in [-0.15, -0.1) is 0 Å². The second kappa shape index (κ2) is 6.50. The maximum Gasteiger partial charge on any atom is 0.253 e. The average molecular weight is 270 g/mol. The molecule has 19 heavy (non-hydrogen) atoms. The average Bonchev–Trinajstić information content (AvgIpc) is 2.33. The van der Waals surface area contributed by atoms with E-state index in [0.717, 1.165) is 25.0 Å². The molecule has 1 aromatic carbocycles. The van der Waals surface area contributed by atoms with E-state index in [0.29, 0.717) is 5.92 Å². The fraction of sp³-hybridized carbons (Fsp3) is 0.500. The molecule has 0 saturated heterocycles. The third-order valence-corrected chi connectivity index (χ3v) is 3.17. The number of rotatable bonds is 5. The fourth-order valence-electron chi connectivity index (χ4n) is 1.89. The number of amides is 1. The van der Waals surface area contributed by atoms with Crippen molar-refractivity contribution in [2.24, 2.45) is 5.92 Å². The Morgan fingerprint density at radius 2 is 1.89 bits per heavy atom. The lowest BCUT2D eigenvalue weighted by Gasteiger charge is -2.18. The zero-order valence-electron chi connectivity index (χ0n) is 11.5. The van der Waals surface area contributed by atoms with E-state index in [1.807, 2.05) is 6.92 Å². The number of hydrogen-bond donors (Lipinski definition) is 2. The zero-order chi connectivity index (χ0) is 14.6. The van der Waals surface area contributed by atoms with Crippen molar-refractivity contribution in [2.75, 3.05) is 5.73 Å². The third kappa shape index (κ3) is 4.19. The normalized spacial score (nSPS) is 13.9. The predicted molar refractivity (Wildman–Crippen MR) is 71.8 cm³/mol. The molecule has 0 radical (unpaired) electrons. The molecule has 1 aromatic rings. The van der Waals surface area contributed by atoms with Gasteiger partial charge in [-0.25, -0.2) is 8.78 Å². The van der Waals surface area contributed by atoms with Crippen LogP contribution in [0.1, 0.15) is 44.0 Å². The Morgan fingerprint density at radius 3 is 2.47 bits per heavy atom. The van der Waals surface area contributed by atoms with E-state index in [2.05, 4.69) is 19.2 Å². The minimum Gasteiger partial charge on any atom is -0.398 e. The molecule has 0 aromatic heterocycles. The number of nitrogens with two attached hydrogens (primary N) is 1. The van der Waals surface area contributed by atoms with Gasteiger partial charge in [0, 0.05) is 17.8 Å². The number of benzene rings is 1. The summed E-state index contributed by atoms with van der Waals surface area (Å²) in [5.74, 6) is -2.12. The molecule has 3 nitrogen and oxygen atoms in total. The van der Waals surface area contributed by atoms with Gasteiger partial charge in [0.1, 0.15) is 0 Å². The van der Waals surface area contributed by atoms with Gasteiger partial charge in [0.2, 0.25) is 0 Å². The second-order valence-corrected chi connectivity index (χ2v) is 4.98. The molecule has 5 heteroatoms. The van der Waals surface area contributed by atoms with E-state index >= 15 is 0 Å². The molecule has 0 fully saturated rings. The summed E-state index contributed by atoms with van der Waals surface area (Å²) in [7, 11) is 0. The molecule has 0 heterocycles. The molecule has 1 rings (SSSR count). The molecule has 2 atom stereocenters. The van der Waals surface area contributed by atoms with Crippen molar-refractivity contribution in [3.8, 4) is 0 Å². The first-order valence-electron chi connectivity index (χ1n) is 6.40.